The number of unbranched alkanes of at least 4 members (excludes halogenated alkanes) is 9. The fraction of sp³-hybridized carbons (Fsp3) is 0.480. The van der Waals surface area contributed by atoms with Crippen molar-refractivity contribution in [2.45, 2.75) is 71.1 Å². The monoisotopic (exact) mass is 428 g/mol. The topological polar surface area (TPSA) is 58.5 Å². The second-order valence-electron chi connectivity index (χ2n) is 7.78. The van der Waals surface area contributed by atoms with E-state index in [0.717, 1.165) is 24.0 Å². The Labute approximate surface area is 182 Å². The van der Waals surface area contributed by atoms with E-state index in [-0.39, 0.29) is 5.75 Å². The van der Waals surface area contributed by atoms with E-state index in [1.807, 2.05) is 60.7 Å². The largest absolute Gasteiger partial charge is 0.247 e. The van der Waals surface area contributed by atoms with Crippen molar-refractivity contribution in [3.05, 3.63) is 71.8 Å². The number of sulfonamides is 1. The Morgan fingerprint density at radius 3 is 1.60 bits per heavy atom. The Balaban J connectivity index is 1.79. The fourth-order valence-electron chi connectivity index (χ4n) is 3.43. The number of hydrogen-bond acceptors (Lipinski definition) is 3. The molecule has 0 aliphatic carbocycles. The molecule has 2 rings (SSSR count). The highest BCUT2D eigenvalue weighted by Gasteiger charge is 2.11. The molecular weight excluding hydrogens is 392 g/mol. The van der Waals surface area contributed by atoms with Gasteiger partial charge in [0.05, 0.1) is 11.5 Å². The van der Waals surface area contributed by atoms with Gasteiger partial charge in [-0.1, -0.05) is 125 Å². The summed E-state index contributed by atoms with van der Waals surface area (Å²) in [6, 6.07) is 19.3. The third-order valence-corrected chi connectivity index (χ3v) is 6.35. The number of benzene rings is 2. The highest BCUT2D eigenvalue weighted by Crippen LogP contribution is 2.12. The summed E-state index contributed by atoms with van der Waals surface area (Å²) in [5, 5.41) is 4.28. The molecule has 0 saturated heterocycles. The summed E-state index contributed by atoms with van der Waals surface area (Å²) < 4.78 is 24.8. The molecular formula is C25H36N2O2S. The van der Waals surface area contributed by atoms with Crippen molar-refractivity contribution < 1.29 is 8.42 Å². The third-order valence-electron chi connectivity index (χ3n) is 5.16. The highest BCUT2D eigenvalue weighted by molar-refractivity contribution is 7.89. The zero-order valence-corrected chi connectivity index (χ0v) is 19.0. The van der Waals surface area contributed by atoms with Gasteiger partial charge in [0, 0.05) is 11.1 Å². The molecule has 2 aromatic rings. The first-order valence-corrected chi connectivity index (χ1v) is 13.0. The summed E-state index contributed by atoms with van der Waals surface area (Å²) in [5.41, 5.74) is 2.39. The van der Waals surface area contributed by atoms with Gasteiger partial charge in [0.2, 0.25) is 10.0 Å². The standard InChI is InChI=1S/C25H36N2O2S/c1-2-3-4-5-6-7-8-9-10-17-22-30(28,29)27-26-25(23-18-13-11-14-19-23)24-20-15-12-16-21-24/h11-16,18-21,27H,2-10,17,22H2,1H3. The number of hydrazone groups is 1. The van der Waals surface area contributed by atoms with E-state index < -0.39 is 10.0 Å². The Morgan fingerprint density at radius 2 is 1.13 bits per heavy atom. The summed E-state index contributed by atoms with van der Waals surface area (Å²) in [7, 11) is -3.44. The molecule has 0 aromatic heterocycles. The van der Waals surface area contributed by atoms with Gasteiger partial charge in [-0.3, -0.25) is 0 Å². The highest BCUT2D eigenvalue weighted by atomic mass is 32.2. The Kier molecular flexibility index (Phi) is 11.2. The zero-order valence-electron chi connectivity index (χ0n) is 18.2. The Morgan fingerprint density at radius 1 is 0.700 bits per heavy atom. The van der Waals surface area contributed by atoms with Crippen molar-refractivity contribution in [1.29, 1.82) is 0 Å². The van der Waals surface area contributed by atoms with Crippen LogP contribution in [0, 0.1) is 0 Å². The molecule has 2 aromatic carbocycles. The maximum atomic E-state index is 12.4. The molecule has 0 fully saturated rings. The van der Waals surface area contributed by atoms with E-state index in [1.54, 1.807) is 0 Å². The van der Waals surface area contributed by atoms with Crippen LogP contribution in [0.2, 0.25) is 0 Å². The van der Waals surface area contributed by atoms with E-state index in [1.165, 1.54) is 44.9 Å². The average molecular weight is 429 g/mol. The second kappa shape index (κ2) is 14.0. The summed E-state index contributed by atoms with van der Waals surface area (Å²) >= 11 is 0. The fourth-order valence-corrected chi connectivity index (χ4v) is 4.33. The predicted molar refractivity (Wildman–Crippen MR) is 127 cm³/mol. The summed E-state index contributed by atoms with van der Waals surface area (Å²) in [6.45, 7) is 2.23. The molecule has 0 heterocycles. The van der Waals surface area contributed by atoms with Crippen LogP contribution in [0.25, 0.3) is 0 Å². The van der Waals surface area contributed by atoms with Crippen LogP contribution in [0.4, 0.5) is 0 Å². The lowest BCUT2D eigenvalue weighted by molar-refractivity contribution is 0.555. The number of nitrogens with zero attached hydrogens (tertiary/aromatic N) is 1. The molecule has 0 unspecified atom stereocenters. The van der Waals surface area contributed by atoms with Gasteiger partial charge >= 0.3 is 0 Å². The molecule has 30 heavy (non-hydrogen) atoms. The van der Waals surface area contributed by atoms with E-state index in [4.69, 9.17) is 0 Å². The summed E-state index contributed by atoms with van der Waals surface area (Å²) in [6.07, 6.45) is 11.8. The first kappa shape index (κ1) is 24.1. The molecule has 0 spiro atoms. The van der Waals surface area contributed by atoms with E-state index in [0.29, 0.717) is 12.1 Å². The first-order chi connectivity index (χ1) is 14.6. The summed E-state index contributed by atoms with van der Waals surface area (Å²) in [4.78, 5) is 2.45. The van der Waals surface area contributed by atoms with Crippen molar-refractivity contribution in [3.63, 3.8) is 0 Å². The van der Waals surface area contributed by atoms with Gasteiger partial charge < -0.3 is 0 Å². The van der Waals surface area contributed by atoms with Crippen molar-refractivity contribution in [3.8, 4) is 0 Å². The molecule has 0 aliphatic heterocycles. The molecule has 0 amide bonds. The quantitative estimate of drug-likeness (QED) is 0.206. The van der Waals surface area contributed by atoms with Gasteiger partial charge in [-0.25, -0.2) is 13.2 Å². The van der Waals surface area contributed by atoms with Crippen molar-refractivity contribution in [1.82, 2.24) is 4.83 Å². The zero-order chi connectivity index (χ0) is 21.5. The van der Waals surface area contributed by atoms with E-state index in [2.05, 4.69) is 16.9 Å². The molecule has 4 nitrogen and oxygen atoms in total. The minimum absolute atomic E-state index is 0.115. The molecule has 0 radical (unpaired) electrons. The van der Waals surface area contributed by atoms with Crippen LogP contribution in [-0.4, -0.2) is 19.9 Å². The first-order valence-electron chi connectivity index (χ1n) is 11.3. The van der Waals surface area contributed by atoms with Gasteiger partial charge in [-0.05, 0) is 6.42 Å². The van der Waals surface area contributed by atoms with Crippen molar-refractivity contribution in [2.24, 2.45) is 5.10 Å². The Bertz CT molecular complexity index is 792. The van der Waals surface area contributed by atoms with Crippen LogP contribution < -0.4 is 4.83 Å². The van der Waals surface area contributed by atoms with Crippen molar-refractivity contribution >= 4 is 15.7 Å². The smallest absolute Gasteiger partial charge is 0.205 e. The summed E-state index contributed by atoms with van der Waals surface area (Å²) in [5.74, 6) is 0.115. The molecule has 1 N–H and O–H groups in total. The van der Waals surface area contributed by atoms with Crippen LogP contribution in [0.3, 0.4) is 0 Å². The van der Waals surface area contributed by atoms with Gasteiger partial charge in [-0.15, -0.1) is 0 Å². The van der Waals surface area contributed by atoms with Gasteiger partial charge in [0.1, 0.15) is 0 Å². The lowest BCUT2D eigenvalue weighted by Crippen LogP contribution is -2.23. The molecule has 5 heteroatoms. The van der Waals surface area contributed by atoms with Gasteiger partial charge in [0.15, 0.2) is 0 Å². The molecule has 0 atom stereocenters. The van der Waals surface area contributed by atoms with Crippen LogP contribution >= 0.6 is 0 Å². The normalized spacial score (nSPS) is 11.2. The van der Waals surface area contributed by atoms with Crippen molar-refractivity contribution in [2.75, 3.05) is 5.75 Å². The minimum Gasteiger partial charge on any atom is -0.205 e. The number of hydrogen-bond donors (Lipinski definition) is 1. The van der Waals surface area contributed by atoms with Crippen LogP contribution in [0.15, 0.2) is 65.8 Å². The second-order valence-corrected chi connectivity index (χ2v) is 9.60. The number of rotatable bonds is 15. The molecule has 164 valence electrons. The Hall–Kier alpha value is -2.14. The predicted octanol–water partition coefficient (Wildman–Crippen LogP) is 6.28. The average Bonchev–Trinajstić information content (AvgIpc) is 2.76. The maximum Gasteiger partial charge on any atom is 0.247 e. The molecule has 0 saturated carbocycles. The molecule has 0 aliphatic rings. The van der Waals surface area contributed by atoms with E-state index >= 15 is 0 Å². The maximum absolute atomic E-state index is 12.4. The minimum atomic E-state index is -3.44. The lowest BCUT2D eigenvalue weighted by atomic mass is 10.0. The van der Waals surface area contributed by atoms with Gasteiger partial charge in [-0.2, -0.15) is 5.10 Å². The molecule has 0 bridgehead atoms. The van der Waals surface area contributed by atoms with Crippen LogP contribution in [0.1, 0.15) is 82.3 Å². The lowest BCUT2D eigenvalue weighted by Gasteiger charge is -2.09. The van der Waals surface area contributed by atoms with Gasteiger partial charge in [0.25, 0.3) is 0 Å². The van der Waals surface area contributed by atoms with Crippen LogP contribution in [0.5, 0.6) is 0 Å². The van der Waals surface area contributed by atoms with E-state index in [9.17, 15) is 8.42 Å². The SMILES string of the molecule is CCCCCCCCCCCCS(=O)(=O)NN=C(c1ccccc1)c1ccccc1. The number of nitrogens with one attached hydrogen (secondary N) is 1. The van der Waals surface area contributed by atoms with Crippen LogP contribution in [-0.2, 0) is 10.0 Å². The third kappa shape index (κ3) is 9.57.